The van der Waals surface area contributed by atoms with Gasteiger partial charge in [0.2, 0.25) is 5.13 Å². The van der Waals surface area contributed by atoms with Crippen LogP contribution < -0.4 is 5.32 Å². The summed E-state index contributed by atoms with van der Waals surface area (Å²) in [7, 11) is 0. The SMILES string of the molecule is CCc1nnc(NC2CC(c3ccccc3Cl)C2)s1. The standard InChI is InChI=1S/C14H16ClN3S/c1-2-13-17-18-14(19-13)16-10-7-9(8-10)11-5-3-4-6-12(11)15/h3-6,9-10H,2,7-8H2,1H3,(H,16,18). The third kappa shape index (κ3) is 2.74. The number of rotatable bonds is 4. The number of hydrogen-bond donors (Lipinski definition) is 1. The number of hydrogen-bond acceptors (Lipinski definition) is 4. The minimum atomic E-state index is 0.499. The smallest absolute Gasteiger partial charge is 0.205 e. The van der Waals surface area contributed by atoms with E-state index in [4.69, 9.17) is 11.6 Å². The molecule has 0 unspecified atom stereocenters. The molecule has 3 rings (SSSR count). The van der Waals surface area contributed by atoms with Crippen LogP contribution in [0.5, 0.6) is 0 Å². The minimum absolute atomic E-state index is 0.499. The van der Waals surface area contributed by atoms with Gasteiger partial charge in [-0.2, -0.15) is 0 Å². The Balaban J connectivity index is 1.57. The summed E-state index contributed by atoms with van der Waals surface area (Å²) in [5.74, 6) is 0.574. The fourth-order valence-corrected chi connectivity index (χ4v) is 3.47. The van der Waals surface area contributed by atoms with E-state index in [0.29, 0.717) is 12.0 Å². The number of benzene rings is 1. The fraction of sp³-hybridized carbons (Fsp3) is 0.429. The zero-order valence-corrected chi connectivity index (χ0v) is 12.3. The fourth-order valence-electron chi connectivity index (χ4n) is 2.43. The van der Waals surface area contributed by atoms with E-state index in [1.165, 1.54) is 5.56 Å². The molecule has 0 amide bonds. The maximum atomic E-state index is 6.22. The quantitative estimate of drug-likeness (QED) is 0.922. The van der Waals surface area contributed by atoms with E-state index in [1.807, 2.05) is 12.1 Å². The van der Waals surface area contributed by atoms with Crippen LogP contribution in [-0.2, 0) is 6.42 Å². The van der Waals surface area contributed by atoms with Gasteiger partial charge in [-0.1, -0.05) is 48.1 Å². The van der Waals surface area contributed by atoms with Crippen molar-refractivity contribution in [1.29, 1.82) is 0 Å². The predicted octanol–water partition coefficient (Wildman–Crippen LogP) is 4.11. The number of nitrogens with one attached hydrogen (secondary N) is 1. The topological polar surface area (TPSA) is 37.8 Å². The van der Waals surface area contributed by atoms with Crippen LogP contribution in [0.25, 0.3) is 0 Å². The Morgan fingerprint density at radius 3 is 2.79 bits per heavy atom. The third-order valence-corrected chi connectivity index (χ3v) is 4.92. The second-order valence-corrected chi connectivity index (χ2v) is 6.35. The molecule has 1 aliphatic rings. The van der Waals surface area contributed by atoms with Crippen molar-refractivity contribution in [3.8, 4) is 0 Å². The summed E-state index contributed by atoms with van der Waals surface area (Å²) < 4.78 is 0. The number of aryl methyl sites for hydroxylation is 1. The van der Waals surface area contributed by atoms with Crippen LogP contribution in [0.1, 0.15) is 36.3 Å². The molecule has 0 radical (unpaired) electrons. The first-order valence-electron chi connectivity index (χ1n) is 6.59. The molecule has 1 saturated carbocycles. The molecule has 0 spiro atoms. The Labute approximate surface area is 122 Å². The number of anilines is 1. The Bertz CT molecular complexity index is 563. The van der Waals surface area contributed by atoms with E-state index in [1.54, 1.807) is 11.3 Å². The third-order valence-electron chi connectivity index (χ3n) is 3.58. The summed E-state index contributed by atoms with van der Waals surface area (Å²) in [6, 6.07) is 8.63. The van der Waals surface area contributed by atoms with Gasteiger partial charge < -0.3 is 5.32 Å². The molecule has 2 aromatic rings. The summed E-state index contributed by atoms with van der Waals surface area (Å²) in [5.41, 5.74) is 1.27. The Morgan fingerprint density at radius 2 is 2.11 bits per heavy atom. The van der Waals surface area contributed by atoms with Gasteiger partial charge in [0.25, 0.3) is 0 Å². The average Bonchev–Trinajstić information content (AvgIpc) is 2.82. The second kappa shape index (κ2) is 5.47. The first kappa shape index (κ1) is 12.9. The van der Waals surface area contributed by atoms with Gasteiger partial charge in [0.1, 0.15) is 5.01 Å². The summed E-state index contributed by atoms with van der Waals surface area (Å²) in [5, 5.41) is 14.6. The normalized spacial score (nSPS) is 22.0. The van der Waals surface area contributed by atoms with Crippen LogP contribution in [0, 0.1) is 0 Å². The van der Waals surface area contributed by atoms with Gasteiger partial charge >= 0.3 is 0 Å². The van der Waals surface area contributed by atoms with Crippen LogP contribution >= 0.6 is 22.9 Å². The highest BCUT2D eigenvalue weighted by Crippen LogP contribution is 2.41. The summed E-state index contributed by atoms with van der Waals surface area (Å²) in [6.07, 6.45) is 3.18. The van der Waals surface area contributed by atoms with E-state index in [2.05, 4.69) is 34.6 Å². The van der Waals surface area contributed by atoms with Crippen molar-refractivity contribution in [2.75, 3.05) is 5.32 Å². The maximum absolute atomic E-state index is 6.22. The lowest BCUT2D eigenvalue weighted by Gasteiger charge is -2.36. The van der Waals surface area contributed by atoms with Gasteiger partial charge in [-0.05, 0) is 36.8 Å². The number of nitrogens with zero attached hydrogens (tertiary/aromatic N) is 2. The van der Waals surface area contributed by atoms with Crippen LogP contribution in [-0.4, -0.2) is 16.2 Å². The van der Waals surface area contributed by atoms with Gasteiger partial charge in [-0.3, -0.25) is 0 Å². The van der Waals surface area contributed by atoms with Crippen LogP contribution in [0.4, 0.5) is 5.13 Å². The van der Waals surface area contributed by atoms with E-state index in [9.17, 15) is 0 Å². The van der Waals surface area contributed by atoms with E-state index >= 15 is 0 Å². The largest absolute Gasteiger partial charge is 0.357 e. The van der Waals surface area contributed by atoms with E-state index < -0.39 is 0 Å². The zero-order valence-electron chi connectivity index (χ0n) is 10.8. The summed E-state index contributed by atoms with van der Waals surface area (Å²) >= 11 is 7.87. The highest BCUT2D eigenvalue weighted by Gasteiger charge is 2.31. The van der Waals surface area contributed by atoms with Crippen LogP contribution in [0.2, 0.25) is 5.02 Å². The van der Waals surface area contributed by atoms with Gasteiger partial charge in [0.05, 0.1) is 0 Å². The lowest BCUT2D eigenvalue weighted by molar-refractivity contribution is 0.374. The molecule has 1 fully saturated rings. The van der Waals surface area contributed by atoms with E-state index in [0.717, 1.165) is 34.4 Å². The van der Waals surface area contributed by atoms with Gasteiger partial charge in [0.15, 0.2) is 0 Å². The highest BCUT2D eigenvalue weighted by molar-refractivity contribution is 7.15. The van der Waals surface area contributed by atoms with E-state index in [-0.39, 0.29) is 0 Å². The van der Waals surface area contributed by atoms with Gasteiger partial charge in [-0.15, -0.1) is 10.2 Å². The van der Waals surface area contributed by atoms with Crippen LogP contribution in [0.3, 0.4) is 0 Å². The molecular formula is C14H16ClN3S. The summed E-state index contributed by atoms with van der Waals surface area (Å²) in [6.45, 7) is 2.10. The minimum Gasteiger partial charge on any atom is -0.357 e. The maximum Gasteiger partial charge on any atom is 0.205 e. The predicted molar refractivity (Wildman–Crippen MR) is 80.1 cm³/mol. The Hall–Kier alpha value is -1.13. The molecule has 1 N–H and O–H groups in total. The van der Waals surface area contributed by atoms with Crippen molar-refractivity contribution in [3.63, 3.8) is 0 Å². The average molecular weight is 294 g/mol. The molecule has 5 heteroatoms. The highest BCUT2D eigenvalue weighted by atomic mass is 35.5. The van der Waals surface area contributed by atoms with Crippen molar-refractivity contribution in [2.45, 2.75) is 38.1 Å². The van der Waals surface area contributed by atoms with Crippen molar-refractivity contribution in [1.82, 2.24) is 10.2 Å². The lowest BCUT2D eigenvalue weighted by atomic mass is 9.76. The molecule has 0 aliphatic heterocycles. The Kier molecular flexibility index (Phi) is 3.71. The zero-order chi connectivity index (χ0) is 13.2. The molecule has 0 bridgehead atoms. The Morgan fingerprint density at radius 1 is 1.32 bits per heavy atom. The number of aromatic nitrogens is 2. The molecule has 1 heterocycles. The van der Waals surface area contributed by atoms with Crippen molar-refractivity contribution in [3.05, 3.63) is 39.9 Å². The molecule has 3 nitrogen and oxygen atoms in total. The first-order chi connectivity index (χ1) is 9.26. The van der Waals surface area contributed by atoms with Gasteiger partial charge in [0, 0.05) is 11.1 Å². The second-order valence-electron chi connectivity index (χ2n) is 4.89. The first-order valence-corrected chi connectivity index (χ1v) is 7.79. The monoisotopic (exact) mass is 293 g/mol. The number of halogens is 1. The molecule has 0 saturated heterocycles. The molecule has 0 atom stereocenters. The molecule has 100 valence electrons. The summed E-state index contributed by atoms with van der Waals surface area (Å²) in [4.78, 5) is 0. The van der Waals surface area contributed by atoms with Crippen molar-refractivity contribution < 1.29 is 0 Å². The van der Waals surface area contributed by atoms with Gasteiger partial charge in [-0.25, -0.2) is 0 Å². The molecule has 1 aromatic carbocycles. The van der Waals surface area contributed by atoms with Crippen molar-refractivity contribution >= 4 is 28.1 Å². The lowest BCUT2D eigenvalue weighted by Crippen LogP contribution is -2.34. The molecule has 19 heavy (non-hydrogen) atoms. The molecular weight excluding hydrogens is 278 g/mol. The van der Waals surface area contributed by atoms with Crippen LogP contribution in [0.15, 0.2) is 24.3 Å². The molecule has 1 aliphatic carbocycles. The molecule has 1 aromatic heterocycles. The van der Waals surface area contributed by atoms with Crippen molar-refractivity contribution in [2.24, 2.45) is 0 Å².